The van der Waals surface area contributed by atoms with Crippen molar-refractivity contribution in [3.63, 3.8) is 0 Å². The molecular formula is C16H27ClN4O2. The van der Waals surface area contributed by atoms with E-state index < -0.39 is 12.1 Å². The van der Waals surface area contributed by atoms with Crippen LogP contribution >= 0.6 is 12.4 Å². The molecule has 0 fully saturated rings. The van der Waals surface area contributed by atoms with Crippen LogP contribution in [0.2, 0.25) is 0 Å². The molecule has 130 valence electrons. The highest BCUT2D eigenvalue weighted by Gasteiger charge is 2.22. The van der Waals surface area contributed by atoms with Gasteiger partial charge in [0, 0.05) is 26.2 Å². The van der Waals surface area contributed by atoms with Gasteiger partial charge in [0.2, 0.25) is 5.91 Å². The molecule has 0 aromatic heterocycles. The minimum Gasteiger partial charge on any atom is -0.338 e. The molecule has 4 N–H and O–H groups in total. The number of nitrogens with zero attached hydrogens (tertiary/aromatic N) is 1. The van der Waals surface area contributed by atoms with Crippen LogP contribution in [0.25, 0.3) is 0 Å². The van der Waals surface area contributed by atoms with E-state index >= 15 is 0 Å². The second-order valence-corrected chi connectivity index (χ2v) is 5.08. The summed E-state index contributed by atoms with van der Waals surface area (Å²) in [6.45, 7) is 5.85. The fraction of sp³-hybridized carbons (Fsp3) is 0.500. The van der Waals surface area contributed by atoms with Crippen molar-refractivity contribution in [1.82, 2.24) is 15.5 Å². The van der Waals surface area contributed by atoms with Crippen LogP contribution in [0.3, 0.4) is 0 Å². The number of nitrogens with one attached hydrogen (secondary N) is 2. The summed E-state index contributed by atoms with van der Waals surface area (Å²) in [4.78, 5) is 25.5. The Hall–Kier alpha value is -1.63. The second kappa shape index (κ2) is 11.9. The van der Waals surface area contributed by atoms with Crippen molar-refractivity contribution in [1.29, 1.82) is 0 Å². The molecular weight excluding hydrogens is 316 g/mol. The first-order chi connectivity index (χ1) is 10.6. The molecule has 0 aliphatic heterocycles. The van der Waals surface area contributed by atoms with Gasteiger partial charge in [0.15, 0.2) is 0 Å². The number of halogens is 1. The largest absolute Gasteiger partial charge is 0.338 e. The van der Waals surface area contributed by atoms with Gasteiger partial charge in [-0.2, -0.15) is 0 Å². The number of imide groups is 1. The summed E-state index contributed by atoms with van der Waals surface area (Å²) in [7, 11) is 0. The monoisotopic (exact) mass is 342 g/mol. The normalized spacial score (nSPS) is 11.5. The van der Waals surface area contributed by atoms with Crippen molar-refractivity contribution in [2.24, 2.45) is 5.73 Å². The Bertz CT molecular complexity index is 470. The molecule has 0 spiro atoms. The van der Waals surface area contributed by atoms with Gasteiger partial charge in [-0.05, 0) is 25.8 Å². The lowest BCUT2D eigenvalue weighted by atomic mass is 10.1. The van der Waals surface area contributed by atoms with Gasteiger partial charge in [0.25, 0.3) is 0 Å². The molecule has 3 amide bonds. The molecule has 1 aromatic carbocycles. The summed E-state index contributed by atoms with van der Waals surface area (Å²) in [6.07, 6.45) is 0.833. The van der Waals surface area contributed by atoms with Crippen LogP contribution in [-0.2, 0) is 11.2 Å². The Balaban J connectivity index is 0.00000484. The maximum atomic E-state index is 12.1. The standard InChI is InChI=1S/C16H26N4O2.ClH/c1-3-18-16(22)19-15(21)13(2)20(12-10-17)11-9-14-7-5-4-6-8-14;/h4-8,13H,3,9-12,17H2,1-2H3,(H2,18,19,21,22);1H. The van der Waals surface area contributed by atoms with Crippen molar-refractivity contribution >= 4 is 24.3 Å². The molecule has 0 saturated carbocycles. The molecule has 0 radical (unpaired) electrons. The van der Waals surface area contributed by atoms with E-state index in [4.69, 9.17) is 5.73 Å². The van der Waals surface area contributed by atoms with Crippen LogP contribution in [0, 0.1) is 0 Å². The molecule has 0 saturated heterocycles. The number of carbonyl (C=O) groups excluding carboxylic acids is 2. The van der Waals surface area contributed by atoms with Crippen LogP contribution in [0.4, 0.5) is 4.79 Å². The Morgan fingerprint density at radius 1 is 1.22 bits per heavy atom. The Labute approximate surface area is 144 Å². The average Bonchev–Trinajstić information content (AvgIpc) is 2.52. The van der Waals surface area contributed by atoms with Crippen molar-refractivity contribution < 1.29 is 9.59 Å². The van der Waals surface area contributed by atoms with Gasteiger partial charge in [-0.1, -0.05) is 30.3 Å². The third-order valence-electron chi connectivity index (χ3n) is 3.45. The lowest BCUT2D eigenvalue weighted by Gasteiger charge is -2.27. The summed E-state index contributed by atoms with van der Waals surface area (Å²) in [5.41, 5.74) is 6.84. The first kappa shape index (κ1) is 21.4. The molecule has 0 aliphatic carbocycles. The highest BCUT2D eigenvalue weighted by Crippen LogP contribution is 2.05. The first-order valence-corrected chi connectivity index (χ1v) is 7.65. The molecule has 7 heteroatoms. The summed E-state index contributed by atoms with van der Waals surface area (Å²) < 4.78 is 0. The number of benzene rings is 1. The van der Waals surface area contributed by atoms with Crippen LogP contribution in [0.5, 0.6) is 0 Å². The van der Waals surface area contributed by atoms with E-state index in [2.05, 4.69) is 22.8 Å². The SMILES string of the molecule is CCNC(=O)NC(=O)C(C)N(CCN)CCc1ccccc1.Cl. The fourth-order valence-electron chi connectivity index (χ4n) is 2.17. The van der Waals surface area contributed by atoms with Gasteiger partial charge in [-0.25, -0.2) is 4.79 Å². The fourth-order valence-corrected chi connectivity index (χ4v) is 2.17. The zero-order valence-electron chi connectivity index (χ0n) is 13.7. The number of hydrogen-bond acceptors (Lipinski definition) is 4. The zero-order valence-corrected chi connectivity index (χ0v) is 14.6. The smallest absolute Gasteiger partial charge is 0.321 e. The number of nitrogens with two attached hydrogens (primary N) is 1. The lowest BCUT2D eigenvalue weighted by Crippen LogP contribution is -2.51. The summed E-state index contributed by atoms with van der Waals surface area (Å²) in [5.74, 6) is -0.313. The second-order valence-electron chi connectivity index (χ2n) is 5.08. The highest BCUT2D eigenvalue weighted by molar-refractivity contribution is 5.96. The number of hydrogen-bond donors (Lipinski definition) is 3. The van der Waals surface area contributed by atoms with E-state index in [9.17, 15) is 9.59 Å². The molecule has 0 aliphatic rings. The lowest BCUT2D eigenvalue weighted by molar-refractivity contribution is -0.124. The van der Waals surface area contributed by atoms with Gasteiger partial charge < -0.3 is 11.1 Å². The first-order valence-electron chi connectivity index (χ1n) is 7.65. The number of rotatable bonds is 8. The maximum Gasteiger partial charge on any atom is 0.321 e. The van der Waals surface area contributed by atoms with E-state index in [1.807, 2.05) is 23.1 Å². The van der Waals surface area contributed by atoms with Gasteiger partial charge in [0.1, 0.15) is 0 Å². The Kier molecular flexibility index (Phi) is 11.0. The van der Waals surface area contributed by atoms with E-state index in [0.29, 0.717) is 26.2 Å². The van der Waals surface area contributed by atoms with Gasteiger partial charge >= 0.3 is 6.03 Å². The predicted molar refractivity (Wildman–Crippen MR) is 94.7 cm³/mol. The van der Waals surface area contributed by atoms with Crippen LogP contribution in [0.1, 0.15) is 19.4 Å². The van der Waals surface area contributed by atoms with Crippen LogP contribution in [0.15, 0.2) is 30.3 Å². The number of urea groups is 1. The van der Waals surface area contributed by atoms with Crippen molar-refractivity contribution in [2.45, 2.75) is 26.3 Å². The molecule has 6 nitrogen and oxygen atoms in total. The van der Waals surface area contributed by atoms with E-state index in [0.717, 1.165) is 6.42 Å². The average molecular weight is 343 g/mol. The summed E-state index contributed by atoms with van der Waals surface area (Å²) in [6, 6.07) is 9.20. The molecule has 1 unspecified atom stereocenters. The highest BCUT2D eigenvalue weighted by atomic mass is 35.5. The summed E-state index contributed by atoms with van der Waals surface area (Å²) in [5, 5.41) is 4.89. The third kappa shape index (κ3) is 7.97. The molecule has 23 heavy (non-hydrogen) atoms. The van der Waals surface area contributed by atoms with Crippen LogP contribution < -0.4 is 16.4 Å². The Morgan fingerprint density at radius 2 is 1.87 bits per heavy atom. The quantitative estimate of drug-likeness (QED) is 0.661. The van der Waals surface area contributed by atoms with E-state index in [1.165, 1.54) is 5.56 Å². The third-order valence-corrected chi connectivity index (χ3v) is 3.45. The Morgan fingerprint density at radius 3 is 2.43 bits per heavy atom. The minimum atomic E-state index is -0.463. The van der Waals surface area contributed by atoms with E-state index in [1.54, 1.807) is 13.8 Å². The van der Waals surface area contributed by atoms with Crippen molar-refractivity contribution in [2.75, 3.05) is 26.2 Å². The molecule has 1 atom stereocenters. The molecule has 1 aromatic rings. The van der Waals surface area contributed by atoms with Gasteiger partial charge in [-0.15, -0.1) is 12.4 Å². The molecule has 0 heterocycles. The summed E-state index contributed by atoms with van der Waals surface area (Å²) >= 11 is 0. The number of amides is 3. The van der Waals surface area contributed by atoms with Gasteiger partial charge in [-0.3, -0.25) is 15.0 Å². The maximum absolute atomic E-state index is 12.1. The van der Waals surface area contributed by atoms with Gasteiger partial charge in [0.05, 0.1) is 6.04 Å². The van der Waals surface area contributed by atoms with E-state index in [-0.39, 0.29) is 18.3 Å². The number of carbonyl (C=O) groups is 2. The predicted octanol–water partition coefficient (Wildman–Crippen LogP) is 1.15. The van der Waals surface area contributed by atoms with Crippen molar-refractivity contribution in [3.8, 4) is 0 Å². The van der Waals surface area contributed by atoms with Crippen molar-refractivity contribution in [3.05, 3.63) is 35.9 Å². The molecule has 0 bridgehead atoms. The van der Waals surface area contributed by atoms with Crippen LogP contribution in [-0.4, -0.2) is 49.1 Å². The topological polar surface area (TPSA) is 87.5 Å². The zero-order chi connectivity index (χ0) is 16.4. The minimum absolute atomic E-state index is 0. The molecule has 1 rings (SSSR count).